The van der Waals surface area contributed by atoms with Crippen LogP contribution < -0.4 is 5.32 Å². The normalized spacial score (nSPS) is 11.9. The van der Waals surface area contributed by atoms with Crippen molar-refractivity contribution in [2.45, 2.75) is 16.7 Å². The first kappa shape index (κ1) is 26.6. The van der Waals surface area contributed by atoms with Gasteiger partial charge in [0.2, 0.25) is 5.95 Å². The number of aromatic hydroxyl groups is 1. The Hall–Kier alpha value is -3.44. The molecule has 12 nitrogen and oxygen atoms in total. The van der Waals surface area contributed by atoms with Gasteiger partial charge in [0.05, 0.1) is 16.9 Å². The molecule has 0 radical (unpaired) electrons. The minimum absolute atomic E-state index is 0.0322. The van der Waals surface area contributed by atoms with E-state index in [1.54, 1.807) is 12.1 Å². The van der Waals surface area contributed by atoms with Gasteiger partial charge in [-0.3, -0.25) is 4.55 Å². The van der Waals surface area contributed by atoms with Crippen LogP contribution in [-0.2, 0) is 19.5 Å². The zero-order valence-corrected chi connectivity index (χ0v) is 20.8. The molecule has 0 atom stereocenters. The number of aromatic nitrogens is 2. The Balaban J connectivity index is 1.78. The maximum atomic E-state index is 13.9. The molecule has 4 aromatic rings. The van der Waals surface area contributed by atoms with Crippen molar-refractivity contribution < 1.29 is 37.1 Å². The fraction of sp³-hybridized carbons (Fsp3) is 0.0476. The number of phenolic OH excluding ortho intramolecular Hbond substituents is 1. The maximum absolute atomic E-state index is 13.9. The topological polar surface area (TPSA) is 176 Å². The van der Waals surface area contributed by atoms with Gasteiger partial charge in [0.25, 0.3) is 10.1 Å². The van der Waals surface area contributed by atoms with E-state index in [2.05, 4.69) is 34.9 Å². The number of rotatable bonds is 8. The number of hydrogen-bond donors (Lipinski definition) is 4. The molecule has 4 N–H and O–H groups in total. The van der Waals surface area contributed by atoms with Gasteiger partial charge in [-0.25, -0.2) is 15.2 Å². The predicted molar refractivity (Wildman–Crippen MR) is 132 cm³/mol. The molecule has 37 heavy (non-hydrogen) atoms. The van der Waals surface area contributed by atoms with E-state index in [0.717, 1.165) is 6.07 Å². The van der Waals surface area contributed by atoms with E-state index in [-0.39, 0.29) is 38.7 Å². The van der Waals surface area contributed by atoms with Gasteiger partial charge in [0, 0.05) is 11.1 Å². The Morgan fingerprint density at radius 3 is 2.62 bits per heavy atom. The summed E-state index contributed by atoms with van der Waals surface area (Å²) in [4.78, 5) is 7.23. The van der Waals surface area contributed by atoms with Crippen LogP contribution in [0.2, 0.25) is 5.02 Å². The molecule has 0 unspecified atom stereocenters. The molecular weight excluding hydrogens is 553 g/mol. The molecule has 3 aromatic carbocycles. The minimum Gasteiger partial charge on any atom is -0.505 e. The summed E-state index contributed by atoms with van der Waals surface area (Å²) in [7, 11) is -4.59. The highest BCUT2D eigenvalue weighted by molar-refractivity contribution is 7.94. The third-order valence-electron chi connectivity index (χ3n) is 4.79. The van der Waals surface area contributed by atoms with Gasteiger partial charge >= 0.3 is 0 Å². The Morgan fingerprint density at radius 1 is 1.14 bits per heavy atom. The summed E-state index contributed by atoms with van der Waals surface area (Å²) < 4.78 is 51.1. The monoisotopic (exact) mass is 567 g/mol. The first-order valence-corrected chi connectivity index (χ1v) is 12.5. The van der Waals surface area contributed by atoms with Crippen LogP contribution in [0.25, 0.3) is 10.8 Å². The summed E-state index contributed by atoms with van der Waals surface area (Å²) in [6, 6.07) is 11.5. The van der Waals surface area contributed by atoms with Crippen LogP contribution in [0.1, 0.15) is 5.82 Å². The zero-order chi connectivity index (χ0) is 26.7. The lowest BCUT2D eigenvalue weighted by Gasteiger charge is -2.12. The molecule has 0 saturated carbocycles. The van der Waals surface area contributed by atoms with Crippen LogP contribution >= 0.6 is 23.6 Å². The summed E-state index contributed by atoms with van der Waals surface area (Å²) in [6.45, 7) is 1.50. The van der Waals surface area contributed by atoms with Crippen molar-refractivity contribution in [2.24, 2.45) is 10.2 Å². The summed E-state index contributed by atoms with van der Waals surface area (Å²) in [5.41, 5.74) is 0.0820. The molecule has 1 heterocycles. The second kappa shape index (κ2) is 10.9. The highest BCUT2D eigenvalue weighted by Gasteiger charge is 2.18. The van der Waals surface area contributed by atoms with Crippen LogP contribution in [-0.4, -0.2) is 33.3 Å². The average molecular weight is 568 g/mol. The summed E-state index contributed by atoms with van der Waals surface area (Å²) in [6.07, 6.45) is 0. The van der Waals surface area contributed by atoms with Crippen molar-refractivity contribution >= 4 is 67.4 Å². The van der Waals surface area contributed by atoms with Crippen LogP contribution in [0.5, 0.6) is 5.75 Å². The van der Waals surface area contributed by atoms with E-state index in [1.807, 2.05) is 0 Å². The van der Waals surface area contributed by atoms with Gasteiger partial charge in [-0.05, 0) is 48.7 Å². The van der Waals surface area contributed by atoms with E-state index >= 15 is 0 Å². The van der Waals surface area contributed by atoms with Gasteiger partial charge in [0.1, 0.15) is 27.1 Å². The Morgan fingerprint density at radius 2 is 1.89 bits per heavy atom. The number of benzene rings is 3. The van der Waals surface area contributed by atoms with Gasteiger partial charge in [-0.2, -0.15) is 12.8 Å². The first-order valence-electron chi connectivity index (χ1n) is 9.98. The van der Waals surface area contributed by atoms with Crippen molar-refractivity contribution in [3.8, 4) is 5.75 Å². The Labute approximate surface area is 217 Å². The number of hydrogen-bond acceptors (Lipinski definition) is 12. The molecule has 0 aliphatic heterocycles. The number of nitrogens with zero attached hydrogens (tertiary/aromatic N) is 4. The van der Waals surface area contributed by atoms with Crippen molar-refractivity contribution in [3.63, 3.8) is 0 Å². The van der Waals surface area contributed by atoms with Crippen LogP contribution in [0.15, 0.2) is 68.6 Å². The maximum Gasteiger partial charge on any atom is 0.296 e. The highest BCUT2D eigenvalue weighted by atomic mass is 35.5. The lowest BCUT2D eigenvalue weighted by atomic mass is 10.1. The molecule has 16 heteroatoms. The largest absolute Gasteiger partial charge is 0.505 e. The highest BCUT2D eigenvalue weighted by Crippen LogP contribution is 2.45. The molecular formula is C21H15ClFN5O7S2. The molecule has 0 amide bonds. The second-order valence-electron chi connectivity index (χ2n) is 7.23. The summed E-state index contributed by atoms with van der Waals surface area (Å²) >= 11 is 6.42. The Bertz CT molecular complexity index is 1640. The van der Waals surface area contributed by atoms with E-state index in [4.69, 9.17) is 16.9 Å². The van der Waals surface area contributed by atoms with E-state index in [1.165, 1.54) is 37.3 Å². The van der Waals surface area contributed by atoms with Gasteiger partial charge in [-0.1, -0.05) is 28.8 Å². The number of halogens is 2. The molecule has 1 aromatic heterocycles. The lowest BCUT2D eigenvalue weighted by Crippen LogP contribution is -2.01. The summed E-state index contributed by atoms with van der Waals surface area (Å²) in [5.74, 6) is -1.07. The number of fused-ring (bicyclic) bond motifs is 1. The van der Waals surface area contributed by atoms with Gasteiger partial charge in [0.15, 0.2) is 11.6 Å². The number of phenols is 1. The first-order chi connectivity index (χ1) is 17.6. The van der Waals surface area contributed by atoms with E-state index in [0.29, 0.717) is 28.5 Å². The molecule has 0 aliphatic rings. The molecule has 192 valence electrons. The minimum atomic E-state index is -4.59. The third kappa shape index (κ3) is 5.94. The zero-order valence-electron chi connectivity index (χ0n) is 18.5. The number of anilines is 2. The number of azo groups is 1. The summed E-state index contributed by atoms with van der Waals surface area (Å²) in [5, 5.41) is 34.3. The number of nitrogens with one attached hydrogen (secondary N) is 1. The average Bonchev–Trinajstić information content (AvgIpc) is 2.84. The fourth-order valence-corrected chi connectivity index (χ4v) is 4.50. The molecule has 0 spiro atoms. The van der Waals surface area contributed by atoms with E-state index in [9.17, 15) is 22.5 Å². The molecule has 0 fully saturated rings. The van der Waals surface area contributed by atoms with Crippen molar-refractivity contribution in [1.82, 2.24) is 9.97 Å². The Kier molecular flexibility index (Phi) is 7.84. The van der Waals surface area contributed by atoms with Gasteiger partial charge < -0.3 is 10.4 Å². The quantitative estimate of drug-likeness (QED) is 0.0471. The number of aryl methyl sites for hydroxylation is 1. The van der Waals surface area contributed by atoms with Crippen molar-refractivity contribution in [1.29, 1.82) is 0 Å². The molecule has 0 bridgehead atoms. The van der Waals surface area contributed by atoms with E-state index < -0.39 is 21.0 Å². The third-order valence-corrected chi connectivity index (χ3v) is 6.65. The van der Waals surface area contributed by atoms with Crippen molar-refractivity contribution in [2.75, 3.05) is 5.32 Å². The second-order valence-corrected chi connectivity index (χ2v) is 9.74. The standard InChI is InChI=1S/C21H15ClFN5O7S2/c1-10-24-20(23)17(22)21(25-10)26-12-6-7-13-11(8-12)9-15(36-35-34-30)18(19(13)29)28-27-14-4-2-3-5-16(14)37(31,32)33/h2-9,29-30H,1H3,(H,24,25,26)(H,31,32,33). The predicted octanol–water partition coefficient (Wildman–Crippen LogP) is 6.27. The SMILES string of the molecule is Cc1nc(F)c(Cl)c(Nc2ccc3c(O)c(N=Nc4ccccc4S(=O)(=O)O)c(SOOO)cc3c2)n1. The fourth-order valence-electron chi connectivity index (χ4n) is 3.25. The molecule has 0 aliphatic carbocycles. The van der Waals surface area contributed by atoms with Crippen LogP contribution in [0.3, 0.4) is 0 Å². The van der Waals surface area contributed by atoms with Crippen molar-refractivity contribution in [3.05, 3.63) is 65.3 Å². The molecule has 0 saturated heterocycles. The lowest BCUT2D eigenvalue weighted by molar-refractivity contribution is -0.432. The molecule has 4 rings (SSSR count). The smallest absolute Gasteiger partial charge is 0.296 e. The van der Waals surface area contributed by atoms with Crippen LogP contribution in [0, 0.1) is 12.9 Å². The van der Waals surface area contributed by atoms with Gasteiger partial charge in [-0.15, -0.1) is 14.6 Å². The van der Waals surface area contributed by atoms with Crippen LogP contribution in [0.4, 0.5) is 27.3 Å².